The highest BCUT2D eigenvalue weighted by atomic mass is 15.1. The summed E-state index contributed by atoms with van der Waals surface area (Å²) in [7, 11) is 4.17. The van der Waals surface area contributed by atoms with Crippen molar-refractivity contribution in [2.75, 3.05) is 24.3 Å². The molecule has 0 aromatic heterocycles. The maximum atomic E-state index is 3.68. The molecule has 0 saturated heterocycles. The molecule has 17 heavy (non-hydrogen) atoms. The highest BCUT2D eigenvalue weighted by Gasteiger charge is 2.18. The molecule has 1 N–H and O–H groups in total. The summed E-state index contributed by atoms with van der Waals surface area (Å²) in [6.45, 7) is 2.37. The molecule has 0 amide bonds. The molecule has 1 aromatic carbocycles. The van der Waals surface area contributed by atoms with E-state index in [1.54, 1.807) is 0 Å². The Morgan fingerprint density at radius 3 is 2.76 bits per heavy atom. The van der Waals surface area contributed by atoms with E-state index in [9.17, 15) is 0 Å². The smallest absolute Gasteiger partial charge is 0.0381 e. The van der Waals surface area contributed by atoms with Gasteiger partial charge in [-0.05, 0) is 37.0 Å². The Labute approximate surface area is 105 Å². The summed E-state index contributed by atoms with van der Waals surface area (Å²) >= 11 is 0. The number of benzene rings is 1. The van der Waals surface area contributed by atoms with Crippen LogP contribution in [0.4, 0.5) is 11.4 Å². The largest absolute Gasteiger partial charge is 0.382 e. The Kier molecular flexibility index (Phi) is 3.93. The minimum Gasteiger partial charge on any atom is -0.382 e. The highest BCUT2D eigenvalue weighted by molar-refractivity contribution is 5.57. The fourth-order valence-corrected chi connectivity index (χ4v) is 2.67. The second kappa shape index (κ2) is 5.44. The number of hydrogen-bond acceptors (Lipinski definition) is 2. The van der Waals surface area contributed by atoms with Crippen LogP contribution in [0.2, 0.25) is 0 Å². The van der Waals surface area contributed by atoms with Crippen molar-refractivity contribution in [3.05, 3.63) is 24.3 Å². The summed E-state index contributed by atoms with van der Waals surface area (Å²) < 4.78 is 0. The van der Waals surface area contributed by atoms with E-state index in [2.05, 4.69) is 55.5 Å². The molecule has 0 bridgehead atoms. The molecule has 0 radical (unpaired) electrons. The van der Waals surface area contributed by atoms with Gasteiger partial charge < -0.3 is 10.2 Å². The number of hydrogen-bond donors (Lipinski definition) is 1. The van der Waals surface area contributed by atoms with Gasteiger partial charge in [0, 0.05) is 31.5 Å². The normalized spacial score (nSPS) is 24.4. The van der Waals surface area contributed by atoms with Gasteiger partial charge in [-0.25, -0.2) is 0 Å². The molecule has 0 heterocycles. The molecule has 0 spiro atoms. The van der Waals surface area contributed by atoms with Gasteiger partial charge in [0.15, 0.2) is 0 Å². The maximum absolute atomic E-state index is 3.68. The second-order valence-electron chi connectivity index (χ2n) is 5.56. The first-order valence-electron chi connectivity index (χ1n) is 6.69. The van der Waals surface area contributed by atoms with Gasteiger partial charge in [-0.15, -0.1) is 0 Å². The highest BCUT2D eigenvalue weighted by Crippen LogP contribution is 2.27. The lowest BCUT2D eigenvalue weighted by Gasteiger charge is -2.28. The van der Waals surface area contributed by atoms with Crippen molar-refractivity contribution >= 4 is 11.4 Å². The quantitative estimate of drug-likeness (QED) is 0.854. The average Bonchev–Trinajstić information content (AvgIpc) is 2.29. The molecule has 1 aliphatic carbocycles. The van der Waals surface area contributed by atoms with Gasteiger partial charge in [0.05, 0.1) is 0 Å². The minimum atomic E-state index is 0.663. The molecule has 1 aliphatic rings. The first-order valence-corrected chi connectivity index (χ1v) is 6.69. The summed E-state index contributed by atoms with van der Waals surface area (Å²) in [6, 6.07) is 9.35. The summed E-state index contributed by atoms with van der Waals surface area (Å²) in [6.07, 6.45) is 5.39. The van der Waals surface area contributed by atoms with Crippen molar-refractivity contribution in [1.29, 1.82) is 0 Å². The second-order valence-corrected chi connectivity index (χ2v) is 5.56. The summed E-state index contributed by atoms with van der Waals surface area (Å²) in [5, 5.41) is 3.68. The lowest BCUT2D eigenvalue weighted by molar-refractivity contribution is 0.358. The van der Waals surface area contributed by atoms with Gasteiger partial charge in [-0.3, -0.25) is 0 Å². The van der Waals surface area contributed by atoms with E-state index >= 15 is 0 Å². The monoisotopic (exact) mass is 232 g/mol. The summed E-state index contributed by atoms with van der Waals surface area (Å²) in [5.74, 6) is 0.873. The van der Waals surface area contributed by atoms with Crippen molar-refractivity contribution in [3.63, 3.8) is 0 Å². The van der Waals surface area contributed by atoms with Crippen LogP contribution >= 0.6 is 0 Å². The van der Waals surface area contributed by atoms with Gasteiger partial charge in [0.1, 0.15) is 0 Å². The van der Waals surface area contributed by atoms with Gasteiger partial charge in [0.25, 0.3) is 0 Å². The molecule has 2 heteroatoms. The first kappa shape index (κ1) is 12.3. The topological polar surface area (TPSA) is 15.3 Å². The van der Waals surface area contributed by atoms with Crippen molar-refractivity contribution in [2.45, 2.75) is 38.6 Å². The fraction of sp³-hybridized carbons (Fsp3) is 0.600. The number of nitrogens with one attached hydrogen (secondary N) is 1. The first-order chi connectivity index (χ1) is 8.15. The van der Waals surface area contributed by atoms with E-state index in [4.69, 9.17) is 0 Å². The van der Waals surface area contributed by atoms with Crippen molar-refractivity contribution in [3.8, 4) is 0 Å². The van der Waals surface area contributed by atoms with Crippen molar-refractivity contribution in [1.82, 2.24) is 0 Å². The van der Waals surface area contributed by atoms with E-state index in [1.807, 2.05) is 0 Å². The lowest BCUT2D eigenvalue weighted by Crippen LogP contribution is -2.26. The fourth-order valence-electron chi connectivity index (χ4n) is 2.67. The van der Waals surface area contributed by atoms with E-state index in [0.29, 0.717) is 6.04 Å². The third-order valence-electron chi connectivity index (χ3n) is 3.67. The van der Waals surface area contributed by atoms with E-state index in [1.165, 1.54) is 37.1 Å². The van der Waals surface area contributed by atoms with Crippen LogP contribution in [0.1, 0.15) is 32.6 Å². The van der Waals surface area contributed by atoms with Crippen LogP contribution in [0.3, 0.4) is 0 Å². The number of rotatable bonds is 3. The zero-order valence-electron chi connectivity index (χ0n) is 11.2. The maximum Gasteiger partial charge on any atom is 0.0381 e. The van der Waals surface area contributed by atoms with Gasteiger partial charge in [0.2, 0.25) is 0 Å². The molecule has 2 rings (SSSR count). The van der Waals surface area contributed by atoms with Crippen LogP contribution in [0.25, 0.3) is 0 Å². The van der Waals surface area contributed by atoms with Crippen LogP contribution < -0.4 is 10.2 Å². The van der Waals surface area contributed by atoms with E-state index in [-0.39, 0.29) is 0 Å². The van der Waals surface area contributed by atoms with Crippen LogP contribution in [0.15, 0.2) is 24.3 Å². The van der Waals surface area contributed by atoms with E-state index in [0.717, 1.165) is 5.92 Å². The Morgan fingerprint density at radius 1 is 1.24 bits per heavy atom. The predicted octanol–water partition coefficient (Wildman–Crippen LogP) is 3.74. The lowest BCUT2D eigenvalue weighted by atomic mass is 9.87. The molecule has 2 atom stereocenters. The molecule has 2 unspecified atom stereocenters. The third-order valence-corrected chi connectivity index (χ3v) is 3.67. The molecule has 94 valence electrons. The molecular formula is C15H24N2. The van der Waals surface area contributed by atoms with Gasteiger partial charge in [-0.2, -0.15) is 0 Å². The minimum absolute atomic E-state index is 0.663. The molecule has 0 aliphatic heterocycles. The van der Waals surface area contributed by atoms with Crippen molar-refractivity contribution in [2.24, 2.45) is 5.92 Å². The predicted molar refractivity (Wildman–Crippen MR) is 75.8 cm³/mol. The zero-order valence-corrected chi connectivity index (χ0v) is 11.2. The Hall–Kier alpha value is -1.18. The van der Waals surface area contributed by atoms with Crippen molar-refractivity contribution < 1.29 is 0 Å². The third kappa shape index (κ3) is 3.39. The summed E-state index contributed by atoms with van der Waals surface area (Å²) in [5.41, 5.74) is 2.52. The van der Waals surface area contributed by atoms with Crippen LogP contribution in [-0.4, -0.2) is 20.1 Å². The molecule has 1 fully saturated rings. The number of nitrogens with zero attached hydrogens (tertiary/aromatic N) is 1. The van der Waals surface area contributed by atoms with Gasteiger partial charge in [-0.1, -0.05) is 25.8 Å². The van der Waals surface area contributed by atoms with Crippen LogP contribution in [0, 0.1) is 5.92 Å². The molecule has 1 saturated carbocycles. The Balaban J connectivity index is 2.00. The average molecular weight is 232 g/mol. The summed E-state index contributed by atoms with van der Waals surface area (Å²) in [4.78, 5) is 2.15. The molecular weight excluding hydrogens is 208 g/mol. The zero-order chi connectivity index (χ0) is 12.3. The van der Waals surface area contributed by atoms with E-state index < -0.39 is 0 Å². The Morgan fingerprint density at radius 2 is 2.06 bits per heavy atom. The molecule has 2 nitrogen and oxygen atoms in total. The van der Waals surface area contributed by atoms with Crippen LogP contribution in [-0.2, 0) is 0 Å². The molecule has 1 aromatic rings. The number of anilines is 2. The van der Waals surface area contributed by atoms with Gasteiger partial charge >= 0.3 is 0 Å². The standard InChI is InChI=1S/C15H24N2/c1-12-6-4-7-13(10-12)16-14-8-5-9-15(11-14)17(2)3/h5,8-9,11-13,16H,4,6-7,10H2,1-3H3. The Bertz CT molecular complexity index is 360. The SMILES string of the molecule is CC1CCCC(Nc2cccc(N(C)C)c2)C1. The van der Waals surface area contributed by atoms with Crippen LogP contribution in [0.5, 0.6) is 0 Å².